The highest BCUT2D eigenvalue weighted by Gasteiger charge is 2.10. The van der Waals surface area contributed by atoms with Crippen molar-refractivity contribution >= 4 is 39.1 Å². The van der Waals surface area contributed by atoms with Gasteiger partial charge in [0, 0.05) is 21.3 Å². The molecule has 0 heterocycles. The fourth-order valence-corrected chi connectivity index (χ4v) is 2.78. The summed E-state index contributed by atoms with van der Waals surface area (Å²) in [4.78, 5) is 0. The number of hydrogen-bond donors (Lipinski definition) is 0. The minimum atomic E-state index is 0.279. The lowest BCUT2D eigenvalue weighted by atomic mass is 9.98. The second kappa shape index (κ2) is 7.92. The van der Waals surface area contributed by atoms with Crippen LogP contribution in [-0.2, 0) is 0 Å². The molecular weight excluding hydrogens is 359 g/mol. The van der Waals surface area contributed by atoms with Gasteiger partial charge in [-0.25, -0.2) is 0 Å². The zero-order valence-corrected chi connectivity index (χ0v) is 14.0. The molecule has 20 heavy (non-hydrogen) atoms. The van der Waals surface area contributed by atoms with E-state index in [9.17, 15) is 0 Å². The van der Waals surface area contributed by atoms with Crippen molar-refractivity contribution in [1.82, 2.24) is 0 Å². The summed E-state index contributed by atoms with van der Waals surface area (Å²) in [5.74, 6) is 1.72. The van der Waals surface area contributed by atoms with Gasteiger partial charge in [-0.1, -0.05) is 45.7 Å². The quantitative estimate of drug-likeness (QED) is 0.573. The van der Waals surface area contributed by atoms with E-state index in [0.717, 1.165) is 21.7 Å². The average molecular weight is 374 g/mol. The van der Waals surface area contributed by atoms with E-state index in [1.54, 1.807) is 0 Å². The molecule has 0 radical (unpaired) electrons. The molecule has 106 valence electrons. The standard InChI is InChI=1S/C16H15BrCl2O/c17-14-2-1-3-16(10-14)20-9-8-13(11-18)12-4-6-15(19)7-5-12/h1-7,10,13H,8-9,11H2. The SMILES string of the molecule is ClCC(CCOc1cccc(Br)c1)c1ccc(Cl)cc1. The van der Waals surface area contributed by atoms with Gasteiger partial charge >= 0.3 is 0 Å². The Balaban J connectivity index is 1.89. The van der Waals surface area contributed by atoms with Gasteiger partial charge in [-0.15, -0.1) is 11.6 Å². The third kappa shape index (κ3) is 4.69. The lowest BCUT2D eigenvalue weighted by Crippen LogP contribution is -2.07. The number of rotatable bonds is 6. The zero-order chi connectivity index (χ0) is 14.4. The van der Waals surface area contributed by atoms with Crippen molar-refractivity contribution in [2.75, 3.05) is 12.5 Å². The summed E-state index contributed by atoms with van der Waals surface area (Å²) in [6, 6.07) is 15.7. The van der Waals surface area contributed by atoms with Crippen molar-refractivity contribution in [3.63, 3.8) is 0 Å². The van der Waals surface area contributed by atoms with Gasteiger partial charge in [-0.2, -0.15) is 0 Å². The number of hydrogen-bond acceptors (Lipinski definition) is 1. The fraction of sp³-hybridized carbons (Fsp3) is 0.250. The third-order valence-electron chi connectivity index (χ3n) is 3.06. The highest BCUT2D eigenvalue weighted by atomic mass is 79.9. The molecule has 0 aliphatic carbocycles. The fourth-order valence-electron chi connectivity index (χ4n) is 1.94. The molecule has 0 saturated carbocycles. The minimum Gasteiger partial charge on any atom is -0.494 e. The summed E-state index contributed by atoms with van der Waals surface area (Å²) in [6.45, 7) is 0.635. The van der Waals surface area contributed by atoms with Crippen molar-refractivity contribution in [2.45, 2.75) is 12.3 Å². The van der Waals surface area contributed by atoms with Crippen LogP contribution < -0.4 is 4.74 Å². The molecule has 2 aromatic carbocycles. The molecule has 0 aromatic heterocycles. The van der Waals surface area contributed by atoms with Crippen molar-refractivity contribution < 1.29 is 4.74 Å². The van der Waals surface area contributed by atoms with Gasteiger partial charge in [0.05, 0.1) is 6.61 Å². The molecule has 2 rings (SSSR count). The molecule has 0 fully saturated rings. The average Bonchev–Trinajstić information content (AvgIpc) is 2.45. The first-order valence-corrected chi connectivity index (χ1v) is 8.09. The molecule has 0 bridgehead atoms. The molecule has 1 nitrogen and oxygen atoms in total. The molecule has 0 spiro atoms. The lowest BCUT2D eigenvalue weighted by Gasteiger charge is -2.15. The van der Waals surface area contributed by atoms with E-state index in [1.165, 1.54) is 5.56 Å². The van der Waals surface area contributed by atoms with Crippen molar-refractivity contribution in [2.24, 2.45) is 0 Å². The third-order valence-corrected chi connectivity index (χ3v) is 4.18. The molecule has 1 atom stereocenters. The second-order valence-electron chi connectivity index (χ2n) is 4.50. The predicted molar refractivity (Wildman–Crippen MR) is 89.2 cm³/mol. The maximum Gasteiger partial charge on any atom is 0.120 e. The maximum atomic E-state index is 6.05. The van der Waals surface area contributed by atoms with Crippen LogP contribution in [0.5, 0.6) is 5.75 Å². The van der Waals surface area contributed by atoms with Crippen LogP contribution in [-0.4, -0.2) is 12.5 Å². The number of halogens is 3. The van der Waals surface area contributed by atoms with E-state index in [2.05, 4.69) is 15.9 Å². The van der Waals surface area contributed by atoms with Crippen LogP contribution >= 0.6 is 39.1 Å². The van der Waals surface area contributed by atoms with E-state index >= 15 is 0 Å². The molecule has 0 saturated heterocycles. The molecule has 0 aliphatic heterocycles. The van der Waals surface area contributed by atoms with Crippen LogP contribution in [0.2, 0.25) is 5.02 Å². The van der Waals surface area contributed by atoms with Crippen LogP contribution in [0.4, 0.5) is 0 Å². The monoisotopic (exact) mass is 372 g/mol. The molecule has 0 N–H and O–H groups in total. The summed E-state index contributed by atoms with van der Waals surface area (Å²) in [7, 11) is 0. The second-order valence-corrected chi connectivity index (χ2v) is 6.16. The molecule has 0 aliphatic rings. The minimum absolute atomic E-state index is 0.279. The van der Waals surface area contributed by atoms with Gasteiger partial charge in [0.2, 0.25) is 0 Å². The Bertz CT molecular complexity index is 542. The zero-order valence-electron chi connectivity index (χ0n) is 10.9. The lowest BCUT2D eigenvalue weighted by molar-refractivity contribution is 0.301. The van der Waals surface area contributed by atoms with Crippen molar-refractivity contribution in [3.8, 4) is 5.75 Å². The summed E-state index contributed by atoms with van der Waals surface area (Å²) in [6.07, 6.45) is 0.873. The summed E-state index contributed by atoms with van der Waals surface area (Å²) >= 11 is 15.4. The predicted octanol–water partition coefficient (Wildman–Crippen LogP) is 5.89. The maximum absolute atomic E-state index is 6.05. The highest BCUT2D eigenvalue weighted by molar-refractivity contribution is 9.10. The number of ether oxygens (including phenoxy) is 1. The Morgan fingerprint density at radius 3 is 2.50 bits per heavy atom. The Kier molecular flexibility index (Phi) is 6.21. The summed E-state index contributed by atoms with van der Waals surface area (Å²) < 4.78 is 6.77. The Morgan fingerprint density at radius 2 is 1.85 bits per heavy atom. The first kappa shape index (κ1) is 15.7. The van der Waals surface area contributed by atoms with Gasteiger partial charge in [0.25, 0.3) is 0 Å². The molecule has 1 unspecified atom stereocenters. The molecule has 0 amide bonds. The van der Waals surface area contributed by atoms with Gasteiger partial charge < -0.3 is 4.74 Å². The van der Waals surface area contributed by atoms with Gasteiger partial charge in [0.15, 0.2) is 0 Å². The summed E-state index contributed by atoms with van der Waals surface area (Å²) in [5.41, 5.74) is 1.20. The van der Waals surface area contributed by atoms with E-state index in [4.69, 9.17) is 27.9 Å². The normalized spacial score (nSPS) is 12.2. The van der Waals surface area contributed by atoms with Crippen molar-refractivity contribution in [3.05, 3.63) is 63.6 Å². The molecule has 2 aromatic rings. The van der Waals surface area contributed by atoms with Crippen LogP contribution in [0, 0.1) is 0 Å². The van der Waals surface area contributed by atoms with Gasteiger partial charge in [0.1, 0.15) is 5.75 Å². The van der Waals surface area contributed by atoms with E-state index in [-0.39, 0.29) is 5.92 Å². The summed E-state index contributed by atoms with van der Waals surface area (Å²) in [5, 5.41) is 0.743. The smallest absolute Gasteiger partial charge is 0.120 e. The van der Waals surface area contributed by atoms with E-state index in [0.29, 0.717) is 12.5 Å². The van der Waals surface area contributed by atoms with Crippen LogP contribution in [0.15, 0.2) is 53.0 Å². The topological polar surface area (TPSA) is 9.23 Å². The van der Waals surface area contributed by atoms with Gasteiger partial charge in [-0.05, 0) is 42.3 Å². The van der Waals surface area contributed by atoms with Gasteiger partial charge in [-0.3, -0.25) is 0 Å². The van der Waals surface area contributed by atoms with E-state index in [1.807, 2.05) is 48.5 Å². The van der Waals surface area contributed by atoms with E-state index < -0.39 is 0 Å². The Hall–Kier alpha value is -0.700. The largest absolute Gasteiger partial charge is 0.494 e. The van der Waals surface area contributed by atoms with Crippen LogP contribution in [0.1, 0.15) is 17.9 Å². The molecular formula is C16H15BrCl2O. The first-order chi connectivity index (χ1) is 9.69. The Labute approximate surface area is 138 Å². The first-order valence-electron chi connectivity index (χ1n) is 6.39. The van der Waals surface area contributed by atoms with Crippen LogP contribution in [0.3, 0.4) is 0 Å². The van der Waals surface area contributed by atoms with Crippen molar-refractivity contribution in [1.29, 1.82) is 0 Å². The number of alkyl halides is 1. The highest BCUT2D eigenvalue weighted by Crippen LogP contribution is 2.24. The molecule has 4 heteroatoms. The van der Waals surface area contributed by atoms with Crippen LogP contribution in [0.25, 0.3) is 0 Å². The Morgan fingerprint density at radius 1 is 1.10 bits per heavy atom. The number of benzene rings is 2.